The van der Waals surface area contributed by atoms with Crippen molar-refractivity contribution in [3.63, 3.8) is 0 Å². The Bertz CT molecular complexity index is 513. The topological polar surface area (TPSA) is 47.6 Å². The lowest BCUT2D eigenvalue weighted by molar-refractivity contribution is -0.121. The maximum atomic E-state index is 11.5. The van der Waals surface area contributed by atoms with Gasteiger partial charge in [0.2, 0.25) is 12.7 Å². The molecular formula is C16H21NO3. The fourth-order valence-electron chi connectivity index (χ4n) is 3.16. The van der Waals surface area contributed by atoms with Crippen molar-refractivity contribution >= 4 is 5.91 Å². The predicted octanol–water partition coefficient (Wildman–Crippen LogP) is 2.75. The van der Waals surface area contributed by atoms with Crippen LogP contribution in [0.15, 0.2) is 12.1 Å². The van der Waals surface area contributed by atoms with Gasteiger partial charge in [0.15, 0.2) is 11.5 Å². The second-order valence-electron chi connectivity index (χ2n) is 5.50. The minimum absolute atomic E-state index is 0.156. The number of fused-ring (bicyclic) bond motifs is 3. The molecule has 108 valence electrons. The van der Waals surface area contributed by atoms with Gasteiger partial charge in [0.1, 0.15) is 0 Å². The average molecular weight is 275 g/mol. The summed E-state index contributed by atoms with van der Waals surface area (Å²) in [5.74, 6) is 2.43. The van der Waals surface area contributed by atoms with Crippen LogP contribution in [-0.2, 0) is 11.2 Å². The van der Waals surface area contributed by atoms with E-state index in [0.29, 0.717) is 19.1 Å². The van der Waals surface area contributed by atoms with Gasteiger partial charge in [0, 0.05) is 18.5 Å². The Balaban J connectivity index is 1.64. The molecule has 0 fully saturated rings. The number of carbonyl (C=O) groups excluding carboxylic acids is 1. The number of nitrogens with one attached hydrogen (secondary N) is 1. The first-order valence-electron chi connectivity index (χ1n) is 7.47. The standard InChI is InChI=1S/C16H21NO3/c1-2-3-14(18)17-9-8-12-5-4-11-6-7-13-16(15(11)12)20-10-19-13/h6-7,12H,2-5,8-10H2,1H3,(H,17,18). The van der Waals surface area contributed by atoms with Gasteiger partial charge in [-0.3, -0.25) is 4.79 Å². The lowest BCUT2D eigenvalue weighted by Crippen LogP contribution is -2.24. The van der Waals surface area contributed by atoms with E-state index in [4.69, 9.17) is 9.47 Å². The van der Waals surface area contributed by atoms with E-state index in [1.165, 1.54) is 11.1 Å². The third-order valence-corrected chi connectivity index (χ3v) is 4.13. The third kappa shape index (κ3) is 2.47. The average Bonchev–Trinajstić information content (AvgIpc) is 3.04. The fraction of sp³-hybridized carbons (Fsp3) is 0.562. The molecule has 2 aliphatic rings. The molecule has 1 amide bonds. The summed E-state index contributed by atoms with van der Waals surface area (Å²) in [4.78, 5) is 11.5. The maximum Gasteiger partial charge on any atom is 0.231 e. The van der Waals surface area contributed by atoms with Gasteiger partial charge in [-0.2, -0.15) is 0 Å². The van der Waals surface area contributed by atoms with Gasteiger partial charge >= 0.3 is 0 Å². The molecule has 1 aromatic rings. The fourth-order valence-corrected chi connectivity index (χ4v) is 3.16. The van der Waals surface area contributed by atoms with Crippen molar-refractivity contribution in [2.24, 2.45) is 0 Å². The zero-order valence-corrected chi connectivity index (χ0v) is 11.9. The number of aryl methyl sites for hydroxylation is 1. The van der Waals surface area contributed by atoms with E-state index in [-0.39, 0.29) is 5.91 Å². The zero-order chi connectivity index (χ0) is 13.9. The number of hydrogen-bond acceptors (Lipinski definition) is 3. The molecule has 1 aromatic carbocycles. The Hall–Kier alpha value is -1.71. The molecule has 0 bridgehead atoms. The maximum absolute atomic E-state index is 11.5. The Kier molecular flexibility index (Phi) is 3.81. The molecule has 0 saturated heterocycles. The van der Waals surface area contributed by atoms with Crippen LogP contribution in [0, 0.1) is 0 Å². The Morgan fingerprint density at radius 2 is 2.30 bits per heavy atom. The summed E-state index contributed by atoms with van der Waals surface area (Å²) in [6.45, 7) is 3.09. The Labute approximate surface area is 119 Å². The number of benzene rings is 1. The van der Waals surface area contributed by atoms with Gasteiger partial charge in [0.25, 0.3) is 0 Å². The molecular weight excluding hydrogens is 254 g/mol. The molecule has 1 unspecified atom stereocenters. The van der Waals surface area contributed by atoms with Crippen LogP contribution >= 0.6 is 0 Å². The van der Waals surface area contributed by atoms with Crippen molar-refractivity contribution in [1.29, 1.82) is 0 Å². The highest BCUT2D eigenvalue weighted by Gasteiger charge is 2.30. The van der Waals surface area contributed by atoms with Crippen LogP contribution in [-0.4, -0.2) is 19.2 Å². The van der Waals surface area contributed by atoms with Crippen LogP contribution in [0.1, 0.15) is 49.7 Å². The Morgan fingerprint density at radius 1 is 1.40 bits per heavy atom. The Morgan fingerprint density at radius 3 is 3.15 bits per heavy atom. The molecule has 1 N–H and O–H groups in total. The second-order valence-corrected chi connectivity index (χ2v) is 5.50. The summed E-state index contributed by atoms with van der Waals surface area (Å²) in [7, 11) is 0. The minimum atomic E-state index is 0.156. The van der Waals surface area contributed by atoms with Crippen molar-refractivity contribution in [2.45, 2.75) is 44.9 Å². The smallest absolute Gasteiger partial charge is 0.231 e. The second kappa shape index (κ2) is 5.73. The van der Waals surface area contributed by atoms with E-state index >= 15 is 0 Å². The van der Waals surface area contributed by atoms with Crippen LogP contribution in [0.25, 0.3) is 0 Å². The van der Waals surface area contributed by atoms with Crippen LogP contribution in [0.5, 0.6) is 11.5 Å². The summed E-state index contributed by atoms with van der Waals surface area (Å²) in [6, 6.07) is 4.16. The molecule has 1 aliphatic heterocycles. The van der Waals surface area contributed by atoms with Crippen molar-refractivity contribution in [2.75, 3.05) is 13.3 Å². The lowest BCUT2D eigenvalue weighted by atomic mass is 9.96. The van der Waals surface area contributed by atoms with Gasteiger partial charge < -0.3 is 14.8 Å². The monoisotopic (exact) mass is 275 g/mol. The predicted molar refractivity (Wildman–Crippen MR) is 76.2 cm³/mol. The molecule has 1 heterocycles. The van der Waals surface area contributed by atoms with E-state index in [1.54, 1.807) is 0 Å². The normalized spacial score (nSPS) is 18.9. The quantitative estimate of drug-likeness (QED) is 0.899. The van der Waals surface area contributed by atoms with Crippen LogP contribution < -0.4 is 14.8 Å². The summed E-state index contributed by atoms with van der Waals surface area (Å²) in [5, 5.41) is 3.00. The molecule has 3 rings (SSSR count). The molecule has 20 heavy (non-hydrogen) atoms. The number of ether oxygens (including phenoxy) is 2. The van der Waals surface area contributed by atoms with E-state index in [9.17, 15) is 4.79 Å². The molecule has 0 radical (unpaired) electrons. The highest BCUT2D eigenvalue weighted by molar-refractivity contribution is 5.75. The minimum Gasteiger partial charge on any atom is -0.454 e. The molecule has 1 aliphatic carbocycles. The molecule has 0 spiro atoms. The van der Waals surface area contributed by atoms with Gasteiger partial charge in [-0.1, -0.05) is 13.0 Å². The zero-order valence-electron chi connectivity index (χ0n) is 11.9. The molecule has 0 saturated carbocycles. The first kappa shape index (κ1) is 13.3. The SMILES string of the molecule is CCCC(=O)NCCC1CCc2ccc3c(c21)OCO3. The van der Waals surface area contributed by atoms with Gasteiger partial charge in [-0.05, 0) is 43.2 Å². The largest absolute Gasteiger partial charge is 0.454 e. The molecule has 0 aromatic heterocycles. The van der Waals surface area contributed by atoms with Crippen molar-refractivity contribution in [3.05, 3.63) is 23.3 Å². The number of carbonyl (C=O) groups is 1. The van der Waals surface area contributed by atoms with Crippen molar-refractivity contribution in [3.8, 4) is 11.5 Å². The van der Waals surface area contributed by atoms with Gasteiger partial charge in [0.05, 0.1) is 0 Å². The van der Waals surface area contributed by atoms with E-state index in [0.717, 1.165) is 43.7 Å². The molecule has 4 heteroatoms. The van der Waals surface area contributed by atoms with Crippen molar-refractivity contribution < 1.29 is 14.3 Å². The first-order valence-corrected chi connectivity index (χ1v) is 7.47. The molecule has 4 nitrogen and oxygen atoms in total. The van der Waals surface area contributed by atoms with Crippen LogP contribution in [0.3, 0.4) is 0 Å². The van der Waals surface area contributed by atoms with Crippen LogP contribution in [0.2, 0.25) is 0 Å². The lowest BCUT2D eigenvalue weighted by Gasteiger charge is -2.14. The first-order chi connectivity index (χ1) is 9.79. The third-order valence-electron chi connectivity index (χ3n) is 4.13. The summed E-state index contributed by atoms with van der Waals surface area (Å²) in [6.07, 6.45) is 4.73. The number of amides is 1. The highest BCUT2D eigenvalue weighted by atomic mass is 16.7. The number of hydrogen-bond donors (Lipinski definition) is 1. The summed E-state index contributed by atoms with van der Waals surface area (Å²) < 4.78 is 11.1. The van der Waals surface area contributed by atoms with Gasteiger partial charge in [-0.25, -0.2) is 0 Å². The van der Waals surface area contributed by atoms with E-state index < -0.39 is 0 Å². The number of rotatable bonds is 5. The van der Waals surface area contributed by atoms with Gasteiger partial charge in [-0.15, -0.1) is 0 Å². The van der Waals surface area contributed by atoms with Crippen LogP contribution in [0.4, 0.5) is 0 Å². The summed E-state index contributed by atoms with van der Waals surface area (Å²) >= 11 is 0. The highest BCUT2D eigenvalue weighted by Crippen LogP contribution is 2.47. The van der Waals surface area contributed by atoms with E-state index in [1.807, 2.05) is 13.0 Å². The molecule has 1 atom stereocenters. The van der Waals surface area contributed by atoms with Crippen molar-refractivity contribution in [1.82, 2.24) is 5.32 Å². The van der Waals surface area contributed by atoms with E-state index in [2.05, 4.69) is 11.4 Å². The summed E-state index contributed by atoms with van der Waals surface area (Å²) in [5.41, 5.74) is 2.68.